The second-order valence-electron chi connectivity index (χ2n) is 13.1. The molecule has 178 valence electrons. The summed E-state index contributed by atoms with van der Waals surface area (Å²) in [6, 6.07) is 0. The number of ketones is 1. The summed E-state index contributed by atoms with van der Waals surface area (Å²) < 4.78 is 0. The van der Waals surface area contributed by atoms with E-state index in [1.54, 1.807) is 11.1 Å². The lowest BCUT2D eigenvalue weighted by atomic mass is 9.44. The van der Waals surface area contributed by atoms with Crippen molar-refractivity contribution in [3.8, 4) is 0 Å². The predicted octanol–water partition coefficient (Wildman–Crippen LogP) is 8.35. The molecule has 4 aliphatic carbocycles. The number of carbonyl (C=O) groups excluding carboxylic acids is 1. The number of aliphatic hydroxyl groups excluding tert-OH is 1. The third-order valence-corrected chi connectivity index (χ3v) is 11.0. The molecule has 32 heavy (non-hydrogen) atoms. The summed E-state index contributed by atoms with van der Waals surface area (Å²) in [4.78, 5) is 12.8. The molecule has 0 unspecified atom stereocenters. The zero-order chi connectivity index (χ0) is 23.7. The number of hydrogen-bond donors (Lipinski definition) is 1. The summed E-state index contributed by atoms with van der Waals surface area (Å²) >= 11 is 0. The summed E-state index contributed by atoms with van der Waals surface area (Å²) in [7, 11) is 0. The van der Waals surface area contributed by atoms with Crippen molar-refractivity contribution in [3.63, 3.8) is 0 Å². The van der Waals surface area contributed by atoms with Crippen LogP contribution in [-0.4, -0.2) is 10.9 Å². The summed E-state index contributed by atoms with van der Waals surface area (Å²) in [5.41, 5.74) is 4.61. The average Bonchev–Trinajstić information content (AvgIpc) is 2.97. The molecule has 1 saturated carbocycles. The van der Waals surface area contributed by atoms with Crippen LogP contribution in [0.1, 0.15) is 107 Å². The molecule has 0 aromatic carbocycles. The highest BCUT2D eigenvalue weighted by molar-refractivity contribution is 5.99. The van der Waals surface area contributed by atoms with Gasteiger partial charge in [0, 0.05) is 10.8 Å². The maximum absolute atomic E-state index is 12.8. The highest BCUT2D eigenvalue weighted by atomic mass is 16.3. The van der Waals surface area contributed by atoms with Crippen LogP contribution in [0.2, 0.25) is 0 Å². The third-order valence-electron chi connectivity index (χ3n) is 11.0. The van der Waals surface area contributed by atoms with E-state index in [0.29, 0.717) is 5.41 Å². The van der Waals surface area contributed by atoms with Crippen LogP contribution in [0.15, 0.2) is 34.6 Å². The highest BCUT2D eigenvalue weighted by Crippen LogP contribution is 2.71. The van der Waals surface area contributed by atoms with Crippen LogP contribution >= 0.6 is 0 Å². The number of rotatable bonds is 4. The molecule has 2 nitrogen and oxygen atoms in total. The maximum Gasteiger partial charge on any atom is 0.202 e. The van der Waals surface area contributed by atoms with Gasteiger partial charge in [-0.05, 0) is 99.9 Å². The van der Waals surface area contributed by atoms with E-state index in [2.05, 4.69) is 61.5 Å². The van der Waals surface area contributed by atoms with Crippen LogP contribution in [-0.2, 0) is 4.79 Å². The zero-order valence-electron chi connectivity index (χ0n) is 21.9. The van der Waals surface area contributed by atoms with Gasteiger partial charge in [0.25, 0.3) is 0 Å². The minimum atomic E-state index is -0.495. The monoisotopic (exact) mass is 438 g/mol. The molecule has 0 aromatic rings. The molecular weight excluding hydrogens is 392 g/mol. The van der Waals surface area contributed by atoms with Gasteiger partial charge in [0.1, 0.15) is 0 Å². The number of hydrogen-bond acceptors (Lipinski definition) is 2. The Morgan fingerprint density at radius 1 is 1.09 bits per heavy atom. The summed E-state index contributed by atoms with van der Waals surface area (Å²) in [5.74, 6) is 1.75. The van der Waals surface area contributed by atoms with Crippen LogP contribution < -0.4 is 0 Å². The van der Waals surface area contributed by atoms with E-state index in [0.717, 1.165) is 31.1 Å². The Bertz CT molecular complexity index is 898. The van der Waals surface area contributed by atoms with Gasteiger partial charge in [0.2, 0.25) is 5.78 Å². The van der Waals surface area contributed by atoms with Gasteiger partial charge in [0.15, 0.2) is 5.76 Å². The van der Waals surface area contributed by atoms with Crippen LogP contribution in [0.25, 0.3) is 0 Å². The smallest absolute Gasteiger partial charge is 0.202 e. The average molecular weight is 439 g/mol. The summed E-state index contributed by atoms with van der Waals surface area (Å²) in [6.07, 6.45) is 14.0. The van der Waals surface area contributed by atoms with Gasteiger partial charge in [-0.2, -0.15) is 0 Å². The number of carbonyl (C=O) groups is 1. The minimum absolute atomic E-state index is 0.00168. The van der Waals surface area contributed by atoms with E-state index in [4.69, 9.17) is 0 Å². The quantitative estimate of drug-likeness (QED) is 0.448. The van der Waals surface area contributed by atoms with E-state index in [1.807, 2.05) is 6.08 Å². The van der Waals surface area contributed by atoms with E-state index in [-0.39, 0.29) is 28.3 Å². The van der Waals surface area contributed by atoms with Gasteiger partial charge in [0.05, 0.1) is 0 Å². The number of aliphatic hydroxyl groups is 1. The molecule has 2 heteroatoms. The first-order valence-electron chi connectivity index (χ1n) is 13.1. The van der Waals surface area contributed by atoms with Gasteiger partial charge in [-0.1, -0.05) is 64.3 Å². The molecule has 6 atom stereocenters. The van der Waals surface area contributed by atoms with Crippen molar-refractivity contribution in [3.05, 3.63) is 34.6 Å². The molecule has 0 amide bonds. The predicted molar refractivity (Wildman–Crippen MR) is 133 cm³/mol. The molecule has 1 fully saturated rings. The van der Waals surface area contributed by atoms with Gasteiger partial charge in [-0.25, -0.2) is 0 Å². The standard InChI is InChI=1S/C30H46O2/c1-19(2)10-9-11-20(3)21-14-16-30(8)23-12-13-25-27(4,5)26(32)24(31)18-28(25,6)22(23)15-17-29(21,30)7/h10,18,20-21,25,31H,9,11-17H2,1-8H3/t20-,21-,25-,28+,29+,30+/m0/s1. The second kappa shape index (κ2) is 7.60. The largest absolute Gasteiger partial charge is 0.505 e. The summed E-state index contributed by atoms with van der Waals surface area (Å²) in [6.45, 7) is 18.5. The molecule has 0 radical (unpaired) electrons. The number of Topliss-reactive ketones (excluding diaryl/α,β-unsaturated/α-hetero) is 1. The zero-order valence-corrected chi connectivity index (χ0v) is 21.9. The van der Waals surface area contributed by atoms with E-state index in [1.165, 1.54) is 37.7 Å². The number of allylic oxidation sites excluding steroid dienone is 6. The molecule has 4 rings (SSSR count). The minimum Gasteiger partial charge on any atom is -0.505 e. The molecule has 0 aliphatic heterocycles. The maximum atomic E-state index is 12.8. The van der Waals surface area contributed by atoms with Crippen molar-refractivity contribution in [1.29, 1.82) is 0 Å². The van der Waals surface area contributed by atoms with Crippen molar-refractivity contribution in [2.45, 2.75) is 107 Å². The van der Waals surface area contributed by atoms with E-state index in [9.17, 15) is 9.90 Å². The van der Waals surface area contributed by atoms with Gasteiger partial charge < -0.3 is 5.11 Å². The molecule has 1 N–H and O–H groups in total. The van der Waals surface area contributed by atoms with Crippen LogP contribution in [0.4, 0.5) is 0 Å². The highest BCUT2D eigenvalue weighted by Gasteiger charge is 2.63. The van der Waals surface area contributed by atoms with Crippen LogP contribution in [0.3, 0.4) is 0 Å². The normalized spacial score (nSPS) is 41.4. The fourth-order valence-electron chi connectivity index (χ4n) is 8.99. The van der Waals surface area contributed by atoms with Crippen molar-refractivity contribution < 1.29 is 9.90 Å². The molecule has 0 bridgehead atoms. The molecule has 4 aliphatic rings. The van der Waals surface area contributed by atoms with Crippen molar-refractivity contribution >= 4 is 5.78 Å². The van der Waals surface area contributed by atoms with Crippen LogP contribution in [0, 0.1) is 39.4 Å². The fourth-order valence-corrected chi connectivity index (χ4v) is 8.99. The lowest BCUT2D eigenvalue weighted by molar-refractivity contribution is -0.133. The first kappa shape index (κ1) is 23.8. The van der Waals surface area contributed by atoms with Gasteiger partial charge >= 0.3 is 0 Å². The van der Waals surface area contributed by atoms with Crippen LogP contribution in [0.5, 0.6) is 0 Å². The Labute approximate surface area is 196 Å². The first-order chi connectivity index (χ1) is 14.8. The topological polar surface area (TPSA) is 37.3 Å². The Balaban J connectivity index is 1.71. The SMILES string of the molecule is CC(C)=CCC[C@H](C)[C@@H]1CC[C@]2(C)C3=C(CC[C@]12C)[C@@]1(C)C=C(O)C(=O)C(C)(C)[C@@H]1CC3. The molecular formula is C30H46O2. The molecule has 0 saturated heterocycles. The van der Waals surface area contributed by atoms with E-state index >= 15 is 0 Å². The molecule has 0 heterocycles. The van der Waals surface area contributed by atoms with Gasteiger partial charge in [-0.15, -0.1) is 0 Å². The Hall–Kier alpha value is -1.31. The lowest BCUT2D eigenvalue weighted by Crippen LogP contribution is -2.53. The lowest BCUT2D eigenvalue weighted by Gasteiger charge is -2.59. The van der Waals surface area contributed by atoms with Crippen molar-refractivity contribution in [1.82, 2.24) is 0 Å². The molecule has 0 aromatic heterocycles. The van der Waals surface area contributed by atoms with Crippen molar-refractivity contribution in [2.75, 3.05) is 0 Å². The van der Waals surface area contributed by atoms with Gasteiger partial charge in [-0.3, -0.25) is 4.79 Å². The Morgan fingerprint density at radius 2 is 1.78 bits per heavy atom. The first-order valence-corrected chi connectivity index (χ1v) is 13.1. The third kappa shape index (κ3) is 3.14. The Morgan fingerprint density at radius 3 is 2.44 bits per heavy atom. The van der Waals surface area contributed by atoms with Crippen molar-refractivity contribution in [2.24, 2.45) is 39.4 Å². The Kier molecular flexibility index (Phi) is 5.66. The summed E-state index contributed by atoms with van der Waals surface area (Å²) in [5, 5.41) is 10.6. The second-order valence-corrected chi connectivity index (χ2v) is 13.1. The molecule has 0 spiro atoms. The van der Waals surface area contributed by atoms with E-state index < -0.39 is 5.41 Å². The number of fused-ring (bicyclic) bond motifs is 4. The fraction of sp³-hybridized carbons (Fsp3) is 0.767.